The first-order chi connectivity index (χ1) is 13.6. The molecule has 1 aliphatic rings. The van der Waals surface area contributed by atoms with Crippen LogP contribution in [0.2, 0.25) is 0 Å². The highest BCUT2D eigenvalue weighted by Gasteiger charge is 2.18. The summed E-state index contributed by atoms with van der Waals surface area (Å²) < 4.78 is 1.86. The van der Waals surface area contributed by atoms with E-state index in [2.05, 4.69) is 33.9 Å². The molecule has 7 heteroatoms. The summed E-state index contributed by atoms with van der Waals surface area (Å²) >= 11 is 0. The summed E-state index contributed by atoms with van der Waals surface area (Å²) in [6.07, 6.45) is 3.49. The van der Waals surface area contributed by atoms with E-state index in [0.29, 0.717) is 18.8 Å². The predicted molar refractivity (Wildman–Crippen MR) is 111 cm³/mol. The molecule has 0 saturated carbocycles. The zero-order valence-electron chi connectivity index (χ0n) is 17.0. The molecule has 2 heterocycles. The van der Waals surface area contributed by atoms with E-state index in [1.165, 1.54) is 6.42 Å². The van der Waals surface area contributed by atoms with Gasteiger partial charge in [-0.15, -0.1) is 10.2 Å². The van der Waals surface area contributed by atoms with Gasteiger partial charge in [-0.3, -0.25) is 9.69 Å². The number of fused-ring (bicyclic) bond motifs is 1. The summed E-state index contributed by atoms with van der Waals surface area (Å²) in [6, 6.07) is 7.72. The monoisotopic (exact) mass is 385 g/mol. The molecule has 0 unspecified atom stereocenters. The highest BCUT2D eigenvalue weighted by atomic mass is 16.3. The molecule has 152 valence electrons. The fourth-order valence-corrected chi connectivity index (χ4v) is 3.82. The van der Waals surface area contributed by atoms with Gasteiger partial charge >= 0.3 is 0 Å². The Bertz CT molecular complexity index is 820. The lowest BCUT2D eigenvalue weighted by atomic mass is 10.1. The average Bonchev–Trinajstić information content (AvgIpc) is 2.99. The summed E-state index contributed by atoms with van der Waals surface area (Å²) in [5, 5.41) is 19.6. The number of nitrogens with zero attached hydrogens (tertiary/aromatic N) is 5. The molecular weight excluding hydrogens is 354 g/mol. The van der Waals surface area contributed by atoms with E-state index in [-0.39, 0.29) is 11.8 Å². The van der Waals surface area contributed by atoms with Crippen molar-refractivity contribution in [2.75, 3.05) is 39.3 Å². The Hall–Kier alpha value is -2.25. The molecule has 7 nitrogen and oxygen atoms in total. The molecule has 28 heavy (non-hydrogen) atoms. The highest BCUT2D eigenvalue weighted by Crippen LogP contribution is 2.38. The first kappa shape index (κ1) is 20.5. The normalized spacial score (nSPS) is 15.8. The van der Waals surface area contributed by atoms with Crippen LogP contribution >= 0.6 is 0 Å². The van der Waals surface area contributed by atoms with Crippen LogP contribution in [0.4, 0.5) is 5.69 Å². The topological polar surface area (TPSA) is 73.4 Å². The number of carbonyl (C=O) groups is 1. The number of aromatic hydroxyl groups is 1. The second-order valence-electron chi connectivity index (χ2n) is 7.30. The Morgan fingerprint density at radius 2 is 1.86 bits per heavy atom. The lowest BCUT2D eigenvalue weighted by Gasteiger charge is -2.24. The minimum atomic E-state index is -0.263. The van der Waals surface area contributed by atoms with Crippen LogP contribution in [0.1, 0.15) is 33.1 Å². The Labute approximate surface area is 166 Å². The average molecular weight is 386 g/mol. The van der Waals surface area contributed by atoms with E-state index in [4.69, 9.17) is 0 Å². The minimum Gasteiger partial charge on any atom is -0.493 e. The maximum atomic E-state index is 12.2. The van der Waals surface area contributed by atoms with E-state index < -0.39 is 0 Å². The van der Waals surface area contributed by atoms with Crippen molar-refractivity contribution < 1.29 is 9.90 Å². The number of benzene rings is 1. The quantitative estimate of drug-likeness (QED) is 0.702. The number of para-hydroxylation sites is 1. The van der Waals surface area contributed by atoms with Crippen molar-refractivity contribution in [2.24, 2.45) is 10.2 Å². The van der Waals surface area contributed by atoms with E-state index in [9.17, 15) is 9.90 Å². The van der Waals surface area contributed by atoms with Gasteiger partial charge in [0.05, 0.1) is 12.1 Å². The molecule has 3 rings (SSSR count). The molecule has 1 aliphatic heterocycles. The van der Waals surface area contributed by atoms with Crippen molar-refractivity contribution in [3.63, 3.8) is 0 Å². The largest absolute Gasteiger partial charge is 0.493 e. The van der Waals surface area contributed by atoms with Gasteiger partial charge < -0.3 is 14.6 Å². The first-order valence-electron chi connectivity index (χ1n) is 10.3. The number of likely N-dealkylation sites (N-methyl/N-ethyl adjacent to an activating group) is 1. The second kappa shape index (κ2) is 9.80. The molecule has 1 amide bonds. The van der Waals surface area contributed by atoms with Gasteiger partial charge in [-0.05, 0) is 45.1 Å². The van der Waals surface area contributed by atoms with E-state index >= 15 is 0 Å². The van der Waals surface area contributed by atoms with Crippen LogP contribution in [0.3, 0.4) is 0 Å². The summed E-state index contributed by atoms with van der Waals surface area (Å²) in [5.41, 5.74) is 1.28. The Morgan fingerprint density at radius 1 is 1.14 bits per heavy atom. The fourth-order valence-electron chi connectivity index (χ4n) is 3.82. The molecule has 0 spiro atoms. The van der Waals surface area contributed by atoms with Crippen LogP contribution in [-0.4, -0.2) is 64.6 Å². The summed E-state index contributed by atoms with van der Waals surface area (Å²) in [7, 11) is 0. The van der Waals surface area contributed by atoms with Crippen LogP contribution in [0.5, 0.6) is 5.88 Å². The molecule has 2 aromatic rings. The van der Waals surface area contributed by atoms with Crippen LogP contribution in [0, 0.1) is 0 Å². The van der Waals surface area contributed by atoms with Gasteiger partial charge in [0.2, 0.25) is 5.88 Å². The van der Waals surface area contributed by atoms with E-state index in [1.807, 2.05) is 28.8 Å². The SMILES string of the molecule is CCN(CC)CCn1c(O)c(N=NC(=O)CN2CCCCC2)c2ccccc21. The highest BCUT2D eigenvalue weighted by molar-refractivity contribution is 5.95. The number of aromatic nitrogens is 1. The third kappa shape index (κ3) is 4.77. The van der Waals surface area contributed by atoms with Gasteiger partial charge in [0, 0.05) is 18.5 Å². The van der Waals surface area contributed by atoms with Crippen molar-refractivity contribution in [1.82, 2.24) is 14.4 Å². The number of rotatable bonds is 8. The number of hydrogen-bond donors (Lipinski definition) is 1. The summed E-state index contributed by atoms with van der Waals surface area (Å²) in [6.45, 7) is 9.87. The standard InChI is InChI=1S/C21H31N5O2/c1-3-24(4-2)14-15-26-18-11-7-6-10-17(18)20(21(26)28)23-22-19(27)16-25-12-8-5-9-13-25/h6-7,10-11,28H,3-5,8-9,12-16H2,1-2H3. The zero-order chi connectivity index (χ0) is 19.9. The lowest BCUT2D eigenvalue weighted by Crippen LogP contribution is -2.33. The third-order valence-electron chi connectivity index (χ3n) is 5.52. The van der Waals surface area contributed by atoms with Gasteiger partial charge in [0.15, 0.2) is 5.69 Å². The van der Waals surface area contributed by atoms with Crippen LogP contribution in [-0.2, 0) is 11.3 Å². The first-order valence-corrected chi connectivity index (χ1v) is 10.3. The van der Waals surface area contributed by atoms with Crippen LogP contribution in [0.25, 0.3) is 10.9 Å². The summed E-state index contributed by atoms with van der Waals surface area (Å²) in [5.74, 6) is -0.191. The van der Waals surface area contributed by atoms with Gasteiger partial charge in [-0.2, -0.15) is 0 Å². The number of hydrogen-bond acceptors (Lipinski definition) is 5. The lowest BCUT2D eigenvalue weighted by molar-refractivity contribution is -0.119. The number of azo groups is 1. The third-order valence-corrected chi connectivity index (χ3v) is 5.52. The van der Waals surface area contributed by atoms with Crippen LogP contribution in [0.15, 0.2) is 34.5 Å². The Balaban J connectivity index is 1.78. The number of carbonyl (C=O) groups excluding carboxylic acids is 1. The molecule has 0 aliphatic carbocycles. The maximum absolute atomic E-state index is 12.2. The maximum Gasteiger partial charge on any atom is 0.278 e. The fraction of sp³-hybridized carbons (Fsp3) is 0.571. The number of likely N-dealkylation sites (tertiary alicyclic amines) is 1. The molecule has 1 aromatic heterocycles. The second-order valence-corrected chi connectivity index (χ2v) is 7.30. The molecular formula is C21H31N5O2. The van der Waals surface area contributed by atoms with Gasteiger partial charge in [0.25, 0.3) is 5.91 Å². The van der Waals surface area contributed by atoms with Gasteiger partial charge in [-0.25, -0.2) is 0 Å². The predicted octanol–water partition coefficient (Wildman–Crippen LogP) is 3.78. The van der Waals surface area contributed by atoms with Crippen molar-refractivity contribution in [2.45, 2.75) is 39.7 Å². The molecule has 0 atom stereocenters. The van der Waals surface area contributed by atoms with Crippen molar-refractivity contribution in [3.8, 4) is 5.88 Å². The molecule has 0 bridgehead atoms. The Kier molecular flexibility index (Phi) is 7.17. The van der Waals surface area contributed by atoms with Crippen LogP contribution < -0.4 is 0 Å². The summed E-state index contributed by atoms with van der Waals surface area (Å²) in [4.78, 5) is 16.7. The molecule has 1 saturated heterocycles. The minimum absolute atomic E-state index is 0.0721. The van der Waals surface area contributed by atoms with Gasteiger partial charge in [-0.1, -0.05) is 38.5 Å². The van der Waals surface area contributed by atoms with E-state index in [0.717, 1.165) is 56.5 Å². The van der Waals surface area contributed by atoms with Crippen molar-refractivity contribution in [1.29, 1.82) is 0 Å². The molecule has 1 N–H and O–H groups in total. The number of piperidine rings is 1. The zero-order valence-corrected chi connectivity index (χ0v) is 17.0. The molecule has 1 aromatic carbocycles. The Morgan fingerprint density at radius 3 is 2.57 bits per heavy atom. The van der Waals surface area contributed by atoms with Gasteiger partial charge in [0.1, 0.15) is 0 Å². The molecule has 1 fully saturated rings. The van der Waals surface area contributed by atoms with Crippen molar-refractivity contribution >= 4 is 22.5 Å². The smallest absolute Gasteiger partial charge is 0.278 e. The van der Waals surface area contributed by atoms with E-state index in [1.54, 1.807) is 0 Å². The number of amides is 1. The van der Waals surface area contributed by atoms with Crippen molar-refractivity contribution in [3.05, 3.63) is 24.3 Å². The molecule has 0 radical (unpaired) electrons.